The smallest absolute Gasteiger partial charge is 0.355 e. The predicted molar refractivity (Wildman–Crippen MR) is 98.0 cm³/mol. The quantitative estimate of drug-likeness (QED) is 0.395. The number of anilines is 1. The van der Waals surface area contributed by atoms with Gasteiger partial charge in [0, 0.05) is 11.3 Å². The molecule has 0 aliphatic heterocycles. The van der Waals surface area contributed by atoms with Crippen LogP contribution in [0.1, 0.15) is 22.5 Å². The van der Waals surface area contributed by atoms with Gasteiger partial charge in [0.25, 0.3) is 5.89 Å². The van der Waals surface area contributed by atoms with Crippen LogP contribution in [0, 0.1) is 11.3 Å². The van der Waals surface area contributed by atoms with E-state index in [0.29, 0.717) is 11.0 Å². The first-order valence-electron chi connectivity index (χ1n) is 9.10. The molecular weight excluding hydrogens is 483 g/mol. The summed E-state index contributed by atoms with van der Waals surface area (Å²) in [5.74, 6) is -0.663. The lowest BCUT2D eigenvalue weighted by atomic mass is 10.1. The van der Waals surface area contributed by atoms with E-state index in [0.717, 1.165) is 36.4 Å². The first-order chi connectivity index (χ1) is 15.7. The van der Waals surface area contributed by atoms with Gasteiger partial charge in [0.1, 0.15) is 6.54 Å². The zero-order valence-corrected chi connectivity index (χ0v) is 16.6. The largest absolute Gasteiger partial charge is 0.417 e. The molecule has 0 amide bonds. The van der Waals surface area contributed by atoms with Crippen LogP contribution in [0.2, 0.25) is 0 Å². The third kappa shape index (κ3) is 5.97. The van der Waals surface area contributed by atoms with Crippen LogP contribution in [0.3, 0.4) is 0 Å². The van der Waals surface area contributed by atoms with Crippen LogP contribution >= 0.6 is 0 Å². The molecule has 0 aliphatic rings. The highest BCUT2D eigenvalue weighted by molar-refractivity contribution is 5.56. The second kappa shape index (κ2) is 8.88. The lowest BCUT2D eigenvalue weighted by Gasteiger charge is -2.25. The van der Waals surface area contributed by atoms with Gasteiger partial charge < -0.3 is 9.42 Å². The van der Waals surface area contributed by atoms with Gasteiger partial charge in [-0.15, -0.1) is 0 Å². The van der Waals surface area contributed by atoms with Gasteiger partial charge in [0.2, 0.25) is 0 Å². The zero-order valence-electron chi connectivity index (χ0n) is 16.6. The van der Waals surface area contributed by atoms with E-state index in [2.05, 4.69) is 10.1 Å². The van der Waals surface area contributed by atoms with Gasteiger partial charge in [-0.25, -0.2) is 0 Å². The van der Waals surface area contributed by atoms with Crippen LogP contribution in [-0.4, -0.2) is 22.9 Å². The van der Waals surface area contributed by atoms with Gasteiger partial charge in [0.15, 0.2) is 5.82 Å². The maximum absolute atomic E-state index is 13.2. The lowest BCUT2D eigenvalue weighted by Crippen LogP contribution is -2.34. The Morgan fingerprint density at radius 1 is 0.882 bits per heavy atom. The molecule has 0 radical (unpaired) electrons. The fourth-order valence-electron chi connectivity index (χ4n) is 2.92. The maximum atomic E-state index is 13.2. The number of rotatable bonds is 5. The molecule has 0 saturated carbocycles. The molecule has 1 heterocycles. The van der Waals surface area contributed by atoms with Gasteiger partial charge >= 0.3 is 18.5 Å². The minimum absolute atomic E-state index is 0.0480. The molecule has 0 saturated heterocycles. The molecule has 0 atom stereocenters. The Balaban J connectivity index is 1.92. The molecule has 14 heteroatoms. The van der Waals surface area contributed by atoms with Crippen molar-refractivity contribution in [3.05, 3.63) is 65.0 Å². The zero-order chi connectivity index (χ0) is 25.3. The Morgan fingerprint density at radius 2 is 1.53 bits per heavy atom. The van der Waals surface area contributed by atoms with Crippen molar-refractivity contribution in [3.8, 4) is 17.5 Å². The highest BCUT2D eigenvalue weighted by atomic mass is 19.4. The van der Waals surface area contributed by atoms with E-state index in [9.17, 15) is 39.5 Å². The molecule has 0 aliphatic carbocycles. The minimum Gasteiger partial charge on any atom is -0.355 e. The van der Waals surface area contributed by atoms with Crippen molar-refractivity contribution in [1.29, 1.82) is 5.26 Å². The Kier molecular flexibility index (Phi) is 6.50. The summed E-state index contributed by atoms with van der Waals surface area (Å²) in [7, 11) is 0. The highest BCUT2D eigenvalue weighted by Gasteiger charge is 2.36. The Hall–Kier alpha value is -3.76. The molecule has 0 unspecified atom stereocenters. The van der Waals surface area contributed by atoms with E-state index in [1.54, 1.807) is 0 Å². The number of nitrogens with zero attached hydrogens (tertiary/aromatic N) is 4. The van der Waals surface area contributed by atoms with E-state index in [1.807, 2.05) is 0 Å². The van der Waals surface area contributed by atoms with Gasteiger partial charge in [-0.1, -0.05) is 5.16 Å². The second-order valence-electron chi connectivity index (χ2n) is 6.90. The van der Waals surface area contributed by atoms with E-state index in [-0.39, 0.29) is 17.3 Å². The minimum atomic E-state index is -4.99. The van der Waals surface area contributed by atoms with Crippen LogP contribution in [0.4, 0.5) is 45.2 Å². The molecule has 0 fully saturated rings. The molecule has 34 heavy (non-hydrogen) atoms. The van der Waals surface area contributed by atoms with E-state index < -0.39 is 54.0 Å². The van der Waals surface area contributed by atoms with E-state index in [1.165, 1.54) is 6.07 Å². The number of halogens is 9. The number of alkyl halides is 9. The number of nitriles is 1. The first-order valence-corrected chi connectivity index (χ1v) is 9.10. The predicted octanol–water partition coefficient (Wildman–Crippen LogP) is 6.21. The molecule has 5 nitrogen and oxygen atoms in total. The molecule has 2 aromatic carbocycles. The van der Waals surface area contributed by atoms with Crippen molar-refractivity contribution < 1.29 is 44.0 Å². The molecule has 3 aromatic rings. The van der Waals surface area contributed by atoms with Gasteiger partial charge in [0.05, 0.1) is 29.3 Å². The standard InChI is InChI=1S/C20H11F9N4O/c21-18(22,23)10-33(14-6-3-12(8-30)15(7-14)20(27,28)29)9-16-31-17(34-32-16)11-1-4-13(5-2-11)19(24,25)26/h1-7H,9-10H2. The summed E-state index contributed by atoms with van der Waals surface area (Å²) in [6, 6.07) is 6.91. The molecule has 0 bridgehead atoms. The summed E-state index contributed by atoms with van der Waals surface area (Å²) in [4.78, 5) is 4.33. The average Bonchev–Trinajstić information content (AvgIpc) is 3.19. The average molecular weight is 494 g/mol. The molecule has 0 N–H and O–H groups in total. The Bertz CT molecular complexity index is 1190. The first kappa shape index (κ1) is 24.9. The number of hydrogen-bond acceptors (Lipinski definition) is 5. The Labute approximate surface area is 185 Å². The Morgan fingerprint density at radius 3 is 2.06 bits per heavy atom. The van der Waals surface area contributed by atoms with Gasteiger partial charge in [-0.05, 0) is 42.5 Å². The van der Waals surface area contributed by atoms with E-state index in [4.69, 9.17) is 9.78 Å². The maximum Gasteiger partial charge on any atom is 0.417 e. The molecule has 1 aromatic heterocycles. The topological polar surface area (TPSA) is 66.0 Å². The summed E-state index contributed by atoms with van der Waals surface area (Å²) in [5, 5.41) is 12.3. The van der Waals surface area contributed by atoms with E-state index >= 15 is 0 Å². The number of benzene rings is 2. The van der Waals surface area contributed by atoms with Crippen LogP contribution in [0.15, 0.2) is 47.0 Å². The second-order valence-corrected chi connectivity index (χ2v) is 6.90. The fourth-order valence-corrected chi connectivity index (χ4v) is 2.92. The third-order valence-corrected chi connectivity index (χ3v) is 4.42. The molecule has 180 valence electrons. The van der Waals surface area contributed by atoms with Crippen molar-refractivity contribution >= 4 is 5.69 Å². The van der Waals surface area contributed by atoms with Crippen LogP contribution in [0.25, 0.3) is 11.5 Å². The van der Waals surface area contributed by atoms with Crippen molar-refractivity contribution in [3.63, 3.8) is 0 Å². The van der Waals surface area contributed by atoms with Gasteiger partial charge in [-0.2, -0.15) is 49.8 Å². The monoisotopic (exact) mass is 494 g/mol. The molecular formula is C20H11F9N4O. The summed E-state index contributed by atoms with van der Waals surface area (Å²) < 4.78 is 122. The van der Waals surface area contributed by atoms with Crippen LogP contribution in [-0.2, 0) is 18.9 Å². The van der Waals surface area contributed by atoms with Crippen molar-refractivity contribution in [2.45, 2.75) is 25.1 Å². The van der Waals surface area contributed by atoms with Crippen molar-refractivity contribution in [2.75, 3.05) is 11.4 Å². The summed E-state index contributed by atoms with van der Waals surface area (Å²) >= 11 is 0. The summed E-state index contributed by atoms with van der Waals surface area (Å²) in [6.07, 6.45) is -14.4. The van der Waals surface area contributed by atoms with Gasteiger partial charge in [-0.3, -0.25) is 0 Å². The fraction of sp³-hybridized carbons (Fsp3) is 0.250. The normalized spacial score (nSPS) is 12.5. The van der Waals surface area contributed by atoms with Crippen molar-refractivity contribution in [1.82, 2.24) is 10.1 Å². The van der Waals surface area contributed by atoms with Crippen molar-refractivity contribution in [2.24, 2.45) is 0 Å². The highest BCUT2D eigenvalue weighted by Crippen LogP contribution is 2.36. The molecule has 0 spiro atoms. The number of hydrogen-bond donors (Lipinski definition) is 0. The summed E-state index contributed by atoms with van der Waals surface area (Å²) in [6.45, 7) is -2.42. The SMILES string of the molecule is N#Cc1ccc(N(Cc2noc(-c3ccc(C(F)(F)F)cc3)n2)CC(F)(F)F)cc1C(F)(F)F. The number of aromatic nitrogens is 2. The third-order valence-electron chi connectivity index (χ3n) is 4.42. The molecule has 3 rings (SSSR count). The summed E-state index contributed by atoms with van der Waals surface area (Å²) in [5.41, 5.74) is -3.60. The van der Waals surface area contributed by atoms with Crippen LogP contribution in [0.5, 0.6) is 0 Å². The van der Waals surface area contributed by atoms with Crippen LogP contribution < -0.4 is 4.90 Å². The lowest BCUT2D eigenvalue weighted by molar-refractivity contribution is -0.138.